The zero-order valence-corrected chi connectivity index (χ0v) is 14.1. The van der Waals surface area contributed by atoms with E-state index in [1.165, 1.54) is 4.70 Å². The average molecular weight is 376 g/mol. The summed E-state index contributed by atoms with van der Waals surface area (Å²) in [5.41, 5.74) is 1.06. The normalized spacial score (nSPS) is 20.6. The first-order valence-corrected chi connectivity index (χ1v) is 8.73. The molecule has 1 aromatic carbocycles. The van der Waals surface area contributed by atoms with Gasteiger partial charge in [-0.3, -0.25) is 0 Å². The summed E-state index contributed by atoms with van der Waals surface area (Å²) in [6, 6.07) is 9.14. The van der Waals surface area contributed by atoms with Gasteiger partial charge in [-0.1, -0.05) is 23.5 Å². The largest absolute Gasteiger partial charge is 0.366 e. The molecular weight excluding hydrogens is 362 g/mol. The van der Waals surface area contributed by atoms with Gasteiger partial charge in [0, 0.05) is 18.3 Å². The van der Waals surface area contributed by atoms with E-state index in [-0.39, 0.29) is 0 Å². The van der Waals surface area contributed by atoms with E-state index in [4.69, 9.17) is 0 Å². The van der Waals surface area contributed by atoms with Gasteiger partial charge >= 0.3 is 0 Å². The topological polar surface area (TPSA) is 62.7 Å². The Bertz CT molecular complexity index is 766. The maximum Gasteiger partial charge on any atom is 0.184 e. The highest BCUT2D eigenvalue weighted by molar-refractivity contribution is 9.10. The summed E-state index contributed by atoms with van der Waals surface area (Å²) in [5, 5.41) is 7.96. The van der Waals surface area contributed by atoms with Crippen molar-refractivity contribution < 1.29 is 0 Å². The summed E-state index contributed by atoms with van der Waals surface area (Å²) < 4.78 is 2.13. The summed E-state index contributed by atoms with van der Waals surface area (Å²) in [7, 11) is 0. The predicted molar refractivity (Wildman–Crippen MR) is 93.4 cm³/mol. The van der Waals surface area contributed by atoms with E-state index in [0.717, 1.165) is 33.8 Å². The van der Waals surface area contributed by atoms with Crippen molar-refractivity contribution in [3.63, 3.8) is 0 Å². The van der Waals surface area contributed by atoms with Crippen LogP contribution in [0.5, 0.6) is 0 Å². The molecule has 5 nitrogen and oxygen atoms in total. The molecule has 0 saturated heterocycles. The number of halogens is 1. The minimum Gasteiger partial charge on any atom is -0.366 e. The molecule has 22 heavy (non-hydrogen) atoms. The van der Waals surface area contributed by atoms with E-state index in [1.807, 2.05) is 12.1 Å². The van der Waals surface area contributed by atoms with E-state index >= 15 is 0 Å². The average Bonchev–Trinajstić information content (AvgIpc) is 2.89. The third-order valence-corrected chi connectivity index (χ3v) is 5.32. The SMILES string of the molecule is Brc1cncnc1NC1CC(Nc2nc3ccccc3s2)C1. The number of aromatic nitrogens is 3. The second kappa shape index (κ2) is 5.81. The van der Waals surface area contributed by atoms with E-state index in [0.29, 0.717) is 12.1 Å². The zero-order chi connectivity index (χ0) is 14.9. The fraction of sp³-hybridized carbons (Fsp3) is 0.267. The molecule has 112 valence electrons. The molecule has 0 spiro atoms. The minimum atomic E-state index is 0.443. The number of nitrogens with zero attached hydrogens (tertiary/aromatic N) is 3. The van der Waals surface area contributed by atoms with Crippen molar-refractivity contribution in [3.8, 4) is 0 Å². The Kier molecular flexibility index (Phi) is 3.67. The molecule has 2 heterocycles. The van der Waals surface area contributed by atoms with Crippen LogP contribution >= 0.6 is 27.3 Å². The van der Waals surface area contributed by atoms with Gasteiger partial charge < -0.3 is 10.6 Å². The fourth-order valence-electron chi connectivity index (χ4n) is 2.57. The van der Waals surface area contributed by atoms with Crippen molar-refractivity contribution in [2.75, 3.05) is 10.6 Å². The molecule has 0 atom stereocenters. The van der Waals surface area contributed by atoms with Crippen molar-refractivity contribution in [1.29, 1.82) is 0 Å². The van der Waals surface area contributed by atoms with E-state index in [2.05, 4.69) is 53.6 Å². The highest BCUT2D eigenvalue weighted by Crippen LogP contribution is 2.32. The monoisotopic (exact) mass is 375 g/mol. The zero-order valence-electron chi connectivity index (χ0n) is 11.7. The van der Waals surface area contributed by atoms with Crippen LogP contribution in [0.3, 0.4) is 0 Å². The highest BCUT2D eigenvalue weighted by atomic mass is 79.9. The van der Waals surface area contributed by atoms with Crippen LogP contribution in [0, 0.1) is 0 Å². The maximum absolute atomic E-state index is 4.62. The van der Waals surface area contributed by atoms with Gasteiger partial charge in [0.1, 0.15) is 12.1 Å². The van der Waals surface area contributed by atoms with Gasteiger partial charge in [-0.05, 0) is 40.9 Å². The Morgan fingerprint density at radius 3 is 2.77 bits per heavy atom. The molecule has 2 N–H and O–H groups in total. The molecule has 0 aliphatic heterocycles. The first kappa shape index (κ1) is 13.9. The lowest BCUT2D eigenvalue weighted by Gasteiger charge is -2.36. The third-order valence-electron chi connectivity index (χ3n) is 3.77. The molecule has 7 heteroatoms. The third kappa shape index (κ3) is 2.78. The Balaban J connectivity index is 1.35. The van der Waals surface area contributed by atoms with E-state index < -0.39 is 0 Å². The van der Waals surface area contributed by atoms with Crippen molar-refractivity contribution in [1.82, 2.24) is 15.0 Å². The number of para-hydroxylation sites is 1. The molecule has 0 bridgehead atoms. The van der Waals surface area contributed by atoms with Crippen molar-refractivity contribution in [2.45, 2.75) is 24.9 Å². The Labute approximate surface area is 140 Å². The van der Waals surface area contributed by atoms with Crippen LogP contribution in [-0.2, 0) is 0 Å². The van der Waals surface area contributed by atoms with Crippen LogP contribution in [0.2, 0.25) is 0 Å². The van der Waals surface area contributed by atoms with Crippen LogP contribution < -0.4 is 10.6 Å². The van der Waals surface area contributed by atoms with Crippen LogP contribution in [0.15, 0.2) is 41.3 Å². The smallest absolute Gasteiger partial charge is 0.184 e. The van der Waals surface area contributed by atoms with Gasteiger partial charge in [0.25, 0.3) is 0 Å². The van der Waals surface area contributed by atoms with Gasteiger partial charge in [0.2, 0.25) is 0 Å². The van der Waals surface area contributed by atoms with Crippen LogP contribution in [0.25, 0.3) is 10.2 Å². The fourth-order valence-corrected chi connectivity index (χ4v) is 3.85. The molecular formula is C15H14BrN5S. The first-order chi connectivity index (χ1) is 10.8. The molecule has 4 rings (SSSR count). The highest BCUT2D eigenvalue weighted by Gasteiger charge is 2.30. The van der Waals surface area contributed by atoms with E-state index in [1.54, 1.807) is 23.9 Å². The lowest BCUT2D eigenvalue weighted by Crippen LogP contribution is -2.43. The molecule has 1 aliphatic carbocycles. The van der Waals surface area contributed by atoms with Gasteiger partial charge in [-0.25, -0.2) is 15.0 Å². The lowest BCUT2D eigenvalue weighted by molar-refractivity contribution is 0.396. The molecule has 0 amide bonds. The number of thiazole rings is 1. The van der Waals surface area contributed by atoms with Crippen LogP contribution in [0.1, 0.15) is 12.8 Å². The molecule has 1 saturated carbocycles. The molecule has 0 unspecified atom stereocenters. The second-order valence-electron chi connectivity index (χ2n) is 5.36. The van der Waals surface area contributed by atoms with Gasteiger partial charge in [0.15, 0.2) is 5.13 Å². The lowest BCUT2D eigenvalue weighted by atomic mass is 9.87. The van der Waals surface area contributed by atoms with E-state index in [9.17, 15) is 0 Å². The van der Waals surface area contributed by atoms with Crippen molar-refractivity contribution >= 4 is 48.4 Å². The molecule has 3 aromatic rings. The number of nitrogens with one attached hydrogen (secondary N) is 2. The number of benzene rings is 1. The minimum absolute atomic E-state index is 0.443. The number of fused-ring (bicyclic) bond motifs is 1. The van der Waals surface area contributed by atoms with Gasteiger partial charge in [-0.15, -0.1) is 0 Å². The summed E-state index contributed by atoms with van der Waals surface area (Å²) >= 11 is 5.17. The summed E-state index contributed by atoms with van der Waals surface area (Å²) in [5.74, 6) is 0.860. The molecule has 2 aromatic heterocycles. The standard InChI is InChI=1S/C15H14BrN5S/c16-11-7-17-8-18-14(11)19-9-5-10(6-9)20-15-21-12-3-1-2-4-13(12)22-15/h1-4,7-10H,5-6H2,(H,20,21)(H,17,18,19). The second-order valence-corrected chi connectivity index (χ2v) is 7.24. The molecule has 0 radical (unpaired) electrons. The predicted octanol–water partition coefficient (Wildman–Crippen LogP) is 3.90. The summed E-state index contributed by atoms with van der Waals surface area (Å²) in [6.07, 6.45) is 5.44. The van der Waals surface area contributed by atoms with Gasteiger partial charge in [0.05, 0.1) is 14.7 Å². The maximum atomic E-state index is 4.62. The van der Waals surface area contributed by atoms with Crippen molar-refractivity contribution in [2.24, 2.45) is 0 Å². The Morgan fingerprint density at radius 1 is 1.14 bits per heavy atom. The van der Waals surface area contributed by atoms with Crippen LogP contribution in [-0.4, -0.2) is 27.0 Å². The first-order valence-electron chi connectivity index (χ1n) is 7.12. The Morgan fingerprint density at radius 2 is 1.95 bits per heavy atom. The Hall–Kier alpha value is -1.73. The van der Waals surface area contributed by atoms with Crippen molar-refractivity contribution in [3.05, 3.63) is 41.3 Å². The summed E-state index contributed by atoms with van der Waals surface area (Å²) in [6.45, 7) is 0. The quantitative estimate of drug-likeness (QED) is 0.723. The van der Waals surface area contributed by atoms with Crippen LogP contribution in [0.4, 0.5) is 10.9 Å². The number of anilines is 2. The molecule has 1 fully saturated rings. The molecule has 1 aliphatic rings. The summed E-state index contributed by atoms with van der Waals surface area (Å²) in [4.78, 5) is 12.8. The number of hydrogen-bond donors (Lipinski definition) is 2. The number of hydrogen-bond acceptors (Lipinski definition) is 6. The van der Waals surface area contributed by atoms with Gasteiger partial charge in [-0.2, -0.15) is 0 Å². The number of rotatable bonds is 4.